The van der Waals surface area contributed by atoms with Gasteiger partial charge < -0.3 is 10.3 Å². The molecular weight excluding hydrogens is 348 g/mol. The van der Waals surface area contributed by atoms with Gasteiger partial charge in [0, 0.05) is 32.0 Å². The summed E-state index contributed by atoms with van der Waals surface area (Å²) in [6.07, 6.45) is 4.73. The minimum atomic E-state index is 0.102. The summed E-state index contributed by atoms with van der Waals surface area (Å²) in [4.78, 5) is 22.7. The number of aryl methyl sites for hydroxylation is 1. The molecule has 5 nitrogen and oxygen atoms in total. The van der Waals surface area contributed by atoms with Crippen LogP contribution in [0.3, 0.4) is 0 Å². The summed E-state index contributed by atoms with van der Waals surface area (Å²) in [7, 11) is 0. The van der Waals surface area contributed by atoms with Crippen LogP contribution in [0.5, 0.6) is 0 Å². The van der Waals surface area contributed by atoms with Gasteiger partial charge >= 0.3 is 0 Å². The van der Waals surface area contributed by atoms with Crippen LogP contribution in [0.1, 0.15) is 37.1 Å². The van der Waals surface area contributed by atoms with Crippen molar-refractivity contribution in [3.8, 4) is 0 Å². The summed E-state index contributed by atoms with van der Waals surface area (Å²) in [6.45, 7) is 2.79. The molecule has 1 amide bonds. The monoisotopic (exact) mass is 376 g/mol. The van der Waals surface area contributed by atoms with Gasteiger partial charge in [-0.2, -0.15) is 0 Å². The highest BCUT2D eigenvalue weighted by Crippen LogP contribution is 2.19. The van der Waals surface area contributed by atoms with Crippen LogP contribution >= 0.6 is 0 Å². The van der Waals surface area contributed by atoms with E-state index in [2.05, 4.69) is 50.5 Å². The maximum absolute atomic E-state index is 12.4. The molecule has 2 heterocycles. The Morgan fingerprint density at radius 1 is 1.11 bits per heavy atom. The van der Waals surface area contributed by atoms with E-state index in [0.717, 1.165) is 42.9 Å². The lowest BCUT2D eigenvalue weighted by molar-refractivity contribution is -0.121. The summed E-state index contributed by atoms with van der Waals surface area (Å²) in [5.41, 5.74) is 3.32. The molecule has 0 spiro atoms. The number of likely N-dealkylation sites (tertiary alicyclic amines) is 1. The molecule has 0 saturated carbocycles. The van der Waals surface area contributed by atoms with Crippen LogP contribution in [0.2, 0.25) is 0 Å². The lowest BCUT2D eigenvalue weighted by Gasteiger charge is -2.36. The van der Waals surface area contributed by atoms with Crippen LogP contribution in [0, 0.1) is 0 Å². The Hall–Kier alpha value is -2.66. The first kappa shape index (κ1) is 18.7. The third-order valence-electron chi connectivity index (χ3n) is 5.54. The molecule has 1 aliphatic heterocycles. The minimum Gasteiger partial charge on any atom is -0.355 e. The number of fused-ring (bicyclic) bond motifs is 1. The maximum Gasteiger partial charge on any atom is 0.220 e. The van der Waals surface area contributed by atoms with Gasteiger partial charge in [0.2, 0.25) is 5.91 Å². The van der Waals surface area contributed by atoms with Gasteiger partial charge in [-0.1, -0.05) is 48.9 Å². The summed E-state index contributed by atoms with van der Waals surface area (Å²) in [5.74, 6) is 0.977. The number of piperidine rings is 1. The normalized spacial score (nSPS) is 17.6. The van der Waals surface area contributed by atoms with Crippen molar-refractivity contribution in [3.05, 3.63) is 66.0 Å². The van der Waals surface area contributed by atoms with Crippen molar-refractivity contribution >= 4 is 16.9 Å². The molecule has 1 aliphatic rings. The van der Waals surface area contributed by atoms with Gasteiger partial charge in [-0.15, -0.1) is 0 Å². The van der Waals surface area contributed by atoms with E-state index in [0.29, 0.717) is 18.9 Å². The first-order chi connectivity index (χ1) is 13.8. The Balaban J connectivity index is 1.26. The third-order valence-corrected chi connectivity index (χ3v) is 5.54. The largest absolute Gasteiger partial charge is 0.355 e. The van der Waals surface area contributed by atoms with Crippen molar-refractivity contribution in [3.63, 3.8) is 0 Å². The smallest absolute Gasteiger partial charge is 0.220 e. The van der Waals surface area contributed by atoms with E-state index in [4.69, 9.17) is 0 Å². The van der Waals surface area contributed by atoms with Gasteiger partial charge in [-0.3, -0.25) is 9.69 Å². The van der Waals surface area contributed by atoms with Crippen LogP contribution in [0.4, 0.5) is 0 Å². The minimum absolute atomic E-state index is 0.102. The second kappa shape index (κ2) is 9.02. The number of para-hydroxylation sites is 2. The van der Waals surface area contributed by atoms with Gasteiger partial charge in [-0.05, 0) is 37.1 Å². The Labute approximate surface area is 166 Å². The average molecular weight is 377 g/mol. The second-order valence-electron chi connectivity index (χ2n) is 7.61. The van der Waals surface area contributed by atoms with Crippen molar-refractivity contribution in [2.75, 3.05) is 13.1 Å². The first-order valence-corrected chi connectivity index (χ1v) is 10.3. The quantitative estimate of drug-likeness (QED) is 0.661. The predicted molar refractivity (Wildman–Crippen MR) is 112 cm³/mol. The standard InChI is InChI=1S/C23H28N4O/c28-23(14-13-22-25-20-11-4-5-12-21(20)26-22)24-16-19-10-6-7-15-27(19)17-18-8-2-1-3-9-18/h1-5,8-9,11-12,19H,6-7,10,13-17H2,(H,24,28)(H,25,26). The SMILES string of the molecule is O=C(CCc1nc2ccccc2[nH]1)NCC1CCCCN1Cc1ccccc1. The van der Waals surface area contributed by atoms with Crippen molar-refractivity contribution in [2.24, 2.45) is 0 Å². The number of hydrogen-bond acceptors (Lipinski definition) is 3. The molecule has 2 aromatic carbocycles. The van der Waals surface area contributed by atoms with Crippen molar-refractivity contribution in [2.45, 2.75) is 44.7 Å². The zero-order valence-corrected chi connectivity index (χ0v) is 16.2. The summed E-state index contributed by atoms with van der Waals surface area (Å²) < 4.78 is 0. The van der Waals surface area contributed by atoms with E-state index in [9.17, 15) is 4.79 Å². The molecule has 1 fully saturated rings. The average Bonchev–Trinajstić information content (AvgIpc) is 3.15. The number of nitrogens with one attached hydrogen (secondary N) is 2. The van der Waals surface area contributed by atoms with E-state index in [-0.39, 0.29) is 5.91 Å². The van der Waals surface area contributed by atoms with Crippen LogP contribution in [0.15, 0.2) is 54.6 Å². The van der Waals surface area contributed by atoms with Crippen LogP contribution in [-0.4, -0.2) is 39.9 Å². The topological polar surface area (TPSA) is 61.0 Å². The van der Waals surface area contributed by atoms with Gasteiger partial charge in [0.15, 0.2) is 0 Å². The number of aromatic nitrogens is 2. The molecule has 0 aliphatic carbocycles. The zero-order chi connectivity index (χ0) is 19.2. The maximum atomic E-state index is 12.4. The first-order valence-electron chi connectivity index (χ1n) is 10.3. The fourth-order valence-corrected chi connectivity index (χ4v) is 3.99. The Bertz CT molecular complexity index is 872. The van der Waals surface area contributed by atoms with Gasteiger partial charge in [0.1, 0.15) is 5.82 Å². The number of benzene rings is 2. The molecule has 146 valence electrons. The Morgan fingerprint density at radius 3 is 2.79 bits per heavy atom. The van der Waals surface area contributed by atoms with E-state index in [1.807, 2.05) is 24.3 Å². The predicted octanol–water partition coefficient (Wildman–Crippen LogP) is 3.67. The van der Waals surface area contributed by atoms with Crippen molar-refractivity contribution in [1.29, 1.82) is 0 Å². The van der Waals surface area contributed by atoms with Gasteiger partial charge in [-0.25, -0.2) is 4.98 Å². The van der Waals surface area contributed by atoms with Crippen LogP contribution < -0.4 is 5.32 Å². The van der Waals surface area contributed by atoms with Crippen LogP contribution in [0.25, 0.3) is 11.0 Å². The van der Waals surface area contributed by atoms with Gasteiger partial charge in [0.05, 0.1) is 11.0 Å². The number of aromatic amines is 1. The molecule has 1 unspecified atom stereocenters. The number of carbonyl (C=O) groups excluding carboxylic acids is 1. The molecule has 0 bridgehead atoms. The molecule has 2 N–H and O–H groups in total. The molecular formula is C23H28N4O. The van der Waals surface area contributed by atoms with Crippen molar-refractivity contribution < 1.29 is 4.79 Å². The van der Waals surface area contributed by atoms with E-state index >= 15 is 0 Å². The number of imidazole rings is 1. The zero-order valence-electron chi connectivity index (χ0n) is 16.2. The molecule has 28 heavy (non-hydrogen) atoms. The lowest BCUT2D eigenvalue weighted by atomic mass is 10.0. The van der Waals surface area contributed by atoms with E-state index in [1.54, 1.807) is 0 Å². The van der Waals surface area contributed by atoms with Crippen molar-refractivity contribution in [1.82, 2.24) is 20.2 Å². The fourth-order valence-electron chi connectivity index (χ4n) is 3.99. The molecule has 3 aromatic rings. The summed E-state index contributed by atoms with van der Waals surface area (Å²) in [5, 5.41) is 3.15. The Kier molecular flexibility index (Phi) is 6.02. The number of amides is 1. The third kappa shape index (κ3) is 4.78. The highest BCUT2D eigenvalue weighted by Gasteiger charge is 2.22. The van der Waals surface area contributed by atoms with Crippen LogP contribution in [-0.2, 0) is 17.8 Å². The number of rotatable bonds is 7. The number of carbonyl (C=O) groups is 1. The lowest BCUT2D eigenvalue weighted by Crippen LogP contribution is -2.46. The summed E-state index contributed by atoms with van der Waals surface area (Å²) >= 11 is 0. The molecule has 1 atom stereocenters. The van der Waals surface area contributed by atoms with Gasteiger partial charge in [0.25, 0.3) is 0 Å². The fraction of sp³-hybridized carbons (Fsp3) is 0.391. The highest BCUT2D eigenvalue weighted by atomic mass is 16.1. The highest BCUT2D eigenvalue weighted by molar-refractivity contribution is 5.77. The molecule has 0 radical (unpaired) electrons. The molecule has 1 aromatic heterocycles. The summed E-state index contributed by atoms with van der Waals surface area (Å²) in [6, 6.07) is 19.0. The molecule has 4 rings (SSSR count). The van der Waals surface area contributed by atoms with E-state index < -0.39 is 0 Å². The Morgan fingerprint density at radius 2 is 1.93 bits per heavy atom. The van der Waals surface area contributed by atoms with E-state index in [1.165, 1.54) is 18.4 Å². The second-order valence-corrected chi connectivity index (χ2v) is 7.61. The number of nitrogens with zero attached hydrogens (tertiary/aromatic N) is 2. The molecule has 5 heteroatoms. The number of H-pyrrole nitrogens is 1. The number of hydrogen-bond donors (Lipinski definition) is 2. The molecule has 1 saturated heterocycles.